The van der Waals surface area contributed by atoms with E-state index in [1.807, 2.05) is 18.2 Å². The van der Waals surface area contributed by atoms with Crippen LogP contribution in [0, 0.1) is 0 Å². The first-order valence-electron chi connectivity index (χ1n) is 5.75. The first kappa shape index (κ1) is 11.1. The summed E-state index contributed by atoms with van der Waals surface area (Å²) in [6.45, 7) is 1.54. The third-order valence-corrected chi connectivity index (χ3v) is 2.90. The molecule has 0 saturated heterocycles. The van der Waals surface area contributed by atoms with E-state index in [2.05, 4.69) is 17.0 Å². The van der Waals surface area contributed by atoms with Crippen LogP contribution in [0.4, 0.5) is 0 Å². The Morgan fingerprint density at radius 3 is 2.56 bits per heavy atom. The summed E-state index contributed by atoms with van der Waals surface area (Å²) < 4.78 is 0. The number of carboxylic acid groups (broad SMARTS) is 1. The van der Waals surface area contributed by atoms with Crippen molar-refractivity contribution >= 4 is 5.97 Å². The SMILES string of the molecule is O=C(O)CCN(Cc1ccccc1)C1CC1. The Hall–Kier alpha value is -1.35. The number of nitrogens with zero attached hydrogens (tertiary/aromatic N) is 1. The molecule has 86 valence electrons. The average molecular weight is 219 g/mol. The molecule has 0 bridgehead atoms. The molecular weight excluding hydrogens is 202 g/mol. The van der Waals surface area contributed by atoms with Crippen LogP contribution in [0.25, 0.3) is 0 Å². The fourth-order valence-electron chi connectivity index (χ4n) is 1.89. The van der Waals surface area contributed by atoms with Crippen LogP contribution in [0.5, 0.6) is 0 Å². The van der Waals surface area contributed by atoms with Crippen molar-refractivity contribution in [3.05, 3.63) is 35.9 Å². The third kappa shape index (κ3) is 3.35. The Morgan fingerprint density at radius 1 is 1.31 bits per heavy atom. The van der Waals surface area contributed by atoms with Crippen molar-refractivity contribution in [1.29, 1.82) is 0 Å². The van der Waals surface area contributed by atoms with Gasteiger partial charge in [0, 0.05) is 19.1 Å². The standard InChI is InChI=1S/C13H17NO2/c15-13(16)8-9-14(12-6-7-12)10-11-4-2-1-3-5-11/h1-5,12H,6-10H2,(H,15,16). The average Bonchev–Trinajstić information content (AvgIpc) is 3.09. The van der Waals surface area contributed by atoms with Gasteiger partial charge < -0.3 is 5.11 Å². The quantitative estimate of drug-likeness (QED) is 0.796. The van der Waals surface area contributed by atoms with Crippen LogP contribution in [0.3, 0.4) is 0 Å². The second kappa shape index (κ2) is 5.12. The maximum absolute atomic E-state index is 10.6. The second-order valence-electron chi connectivity index (χ2n) is 4.33. The Balaban J connectivity index is 1.90. The number of benzene rings is 1. The molecule has 0 atom stereocenters. The highest BCUT2D eigenvalue weighted by Gasteiger charge is 2.28. The first-order chi connectivity index (χ1) is 7.75. The number of aliphatic carboxylic acids is 1. The molecule has 0 radical (unpaired) electrons. The zero-order valence-corrected chi connectivity index (χ0v) is 9.30. The van der Waals surface area contributed by atoms with Gasteiger partial charge in [-0.25, -0.2) is 0 Å². The van der Waals surface area contributed by atoms with Crippen molar-refractivity contribution in [2.75, 3.05) is 6.54 Å². The van der Waals surface area contributed by atoms with Crippen molar-refractivity contribution in [1.82, 2.24) is 4.90 Å². The fraction of sp³-hybridized carbons (Fsp3) is 0.462. The molecule has 16 heavy (non-hydrogen) atoms. The summed E-state index contributed by atoms with van der Waals surface area (Å²) in [6, 6.07) is 10.9. The minimum absolute atomic E-state index is 0.239. The molecule has 2 rings (SSSR count). The molecule has 0 aliphatic heterocycles. The van der Waals surface area contributed by atoms with Gasteiger partial charge >= 0.3 is 5.97 Å². The molecule has 0 amide bonds. The molecule has 0 spiro atoms. The minimum Gasteiger partial charge on any atom is -0.481 e. The smallest absolute Gasteiger partial charge is 0.304 e. The zero-order chi connectivity index (χ0) is 11.4. The molecule has 0 heterocycles. The van der Waals surface area contributed by atoms with E-state index in [4.69, 9.17) is 5.11 Å². The highest BCUT2D eigenvalue weighted by atomic mass is 16.4. The summed E-state index contributed by atoms with van der Waals surface area (Å²) in [5.41, 5.74) is 1.26. The zero-order valence-electron chi connectivity index (χ0n) is 9.30. The van der Waals surface area contributed by atoms with Crippen LogP contribution < -0.4 is 0 Å². The van der Waals surface area contributed by atoms with Gasteiger partial charge in [0.05, 0.1) is 6.42 Å². The topological polar surface area (TPSA) is 40.5 Å². The van der Waals surface area contributed by atoms with Crippen LogP contribution >= 0.6 is 0 Å². The monoisotopic (exact) mass is 219 g/mol. The number of carbonyl (C=O) groups is 1. The van der Waals surface area contributed by atoms with Gasteiger partial charge in [0.2, 0.25) is 0 Å². The van der Waals surface area contributed by atoms with E-state index >= 15 is 0 Å². The van der Waals surface area contributed by atoms with Crippen LogP contribution in [-0.2, 0) is 11.3 Å². The largest absolute Gasteiger partial charge is 0.481 e. The lowest BCUT2D eigenvalue weighted by Crippen LogP contribution is -2.28. The van der Waals surface area contributed by atoms with Gasteiger partial charge in [-0.3, -0.25) is 9.69 Å². The molecule has 1 aliphatic rings. The highest BCUT2D eigenvalue weighted by Crippen LogP contribution is 2.28. The normalized spacial score (nSPS) is 15.3. The molecule has 1 saturated carbocycles. The van der Waals surface area contributed by atoms with Gasteiger partial charge in [-0.15, -0.1) is 0 Å². The van der Waals surface area contributed by atoms with E-state index in [9.17, 15) is 4.79 Å². The summed E-state index contributed by atoms with van der Waals surface area (Å²) in [6.07, 6.45) is 2.67. The minimum atomic E-state index is -0.710. The number of carboxylic acids is 1. The lowest BCUT2D eigenvalue weighted by atomic mass is 10.2. The second-order valence-corrected chi connectivity index (χ2v) is 4.33. The van der Waals surface area contributed by atoms with Gasteiger partial charge in [0.15, 0.2) is 0 Å². The summed E-state index contributed by atoms with van der Waals surface area (Å²) in [4.78, 5) is 12.9. The van der Waals surface area contributed by atoms with Crippen LogP contribution in [-0.4, -0.2) is 28.6 Å². The summed E-state index contributed by atoms with van der Waals surface area (Å²) in [5, 5.41) is 8.70. The molecule has 0 unspecified atom stereocenters. The van der Waals surface area contributed by atoms with E-state index in [1.54, 1.807) is 0 Å². The van der Waals surface area contributed by atoms with Gasteiger partial charge in [-0.2, -0.15) is 0 Å². The van der Waals surface area contributed by atoms with Crippen LogP contribution in [0.1, 0.15) is 24.8 Å². The third-order valence-electron chi connectivity index (χ3n) is 2.90. The molecular formula is C13H17NO2. The predicted molar refractivity (Wildman–Crippen MR) is 62.1 cm³/mol. The van der Waals surface area contributed by atoms with Crippen LogP contribution in [0.2, 0.25) is 0 Å². The van der Waals surface area contributed by atoms with Gasteiger partial charge in [0.25, 0.3) is 0 Å². The highest BCUT2D eigenvalue weighted by molar-refractivity contribution is 5.66. The summed E-state index contributed by atoms with van der Waals surface area (Å²) >= 11 is 0. The Bertz CT molecular complexity index is 346. The van der Waals surface area contributed by atoms with E-state index in [-0.39, 0.29) is 6.42 Å². The first-order valence-corrected chi connectivity index (χ1v) is 5.75. The lowest BCUT2D eigenvalue weighted by molar-refractivity contribution is -0.137. The maximum Gasteiger partial charge on any atom is 0.304 e. The number of hydrogen-bond acceptors (Lipinski definition) is 2. The molecule has 1 aromatic carbocycles. The van der Waals surface area contributed by atoms with Crippen molar-refractivity contribution in [2.45, 2.75) is 31.8 Å². The molecule has 1 aromatic rings. The van der Waals surface area contributed by atoms with Crippen molar-refractivity contribution in [3.8, 4) is 0 Å². The molecule has 3 heteroatoms. The molecule has 0 aromatic heterocycles. The maximum atomic E-state index is 10.6. The van der Waals surface area contributed by atoms with E-state index in [1.165, 1.54) is 18.4 Å². The van der Waals surface area contributed by atoms with Crippen LogP contribution in [0.15, 0.2) is 30.3 Å². The Morgan fingerprint density at radius 2 is 2.00 bits per heavy atom. The van der Waals surface area contributed by atoms with E-state index in [0.29, 0.717) is 12.6 Å². The van der Waals surface area contributed by atoms with E-state index in [0.717, 1.165) is 6.54 Å². The number of rotatable bonds is 6. The van der Waals surface area contributed by atoms with Gasteiger partial charge in [-0.05, 0) is 18.4 Å². The Labute approximate surface area is 95.7 Å². The predicted octanol–water partition coefficient (Wildman–Crippen LogP) is 2.13. The Kier molecular flexibility index (Phi) is 3.57. The van der Waals surface area contributed by atoms with Gasteiger partial charge in [-0.1, -0.05) is 30.3 Å². The van der Waals surface area contributed by atoms with E-state index < -0.39 is 5.97 Å². The summed E-state index contributed by atoms with van der Waals surface area (Å²) in [7, 11) is 0. The van der Waals surface area contributed by atoms with Crippen molar-refractivity contribution in [3.63, 3.8) is 0 Å². The van der Waals surface area contributed by atoms with Gasteiger partial charge in [0.1, 0.15) is 0 Å². The van der Waals surface area contributed by atoms with Crippen molar-refractivity contribution in [2.24, 2.45) is 0 Å². The lowest BCUT2D eigenvalue weighted by Gasteiger charge is -2.21. The molecule has 1 aliphatic carbocycles. The molecule has 3 nitrogen and oxygen atoms in total. The summed E-state index contributed by atoms with van der Waals surface area (Å²) in [5.74, 6) is -0.710. The molecule has 1 N–H and O–H groups in total. The fourth-order valence-corrected chi connectivity index (χ4v) is 1.89. The molecule has 1 fully saturated rings. The van der Waals surface area contributed by atoms with Crippen molar-refractivity contribution < 1.29 is 9.90 Å². The number of hydrogen-bond donors (Lipinski definition) is 1.